The van der Waals surface area contributed by atoms with Crippen LogP contribution < -0.4 is 0 Å². The molecular weight excluding hydrogens is 194 g/mol. The standard InChI is InChI=1S/C15H17N/c1-12(2)15-5-3-13(4-6-15)11-14-7-9-16-10-8-14/h3-10,12H,11H2,1-2H3. The molecule has 0 aliphatic rings. The average Bonchev–Trinajstić information content (AvgIpc) is 2.31. The van der Waals surface area contributed by atoms with Crippen molar-refractivity contribution in [2.75, 3.05) is 0 Å². The SMILES string of the molecule is CC(C)c1ccc(Cc2ccncc2)cc1. The number of hydrogen-bond acceptors (Lipinski definition) is 1. The molecule has 2 rings (SSSR count). The van der Waals surface area contributed by atoms with Crippen LogP contribution in [0.2, 0.25) is 0 Å². The Bertz CT molecular complexity index is 429. The Labute approximate surface area is 97.2 Å². The highest BCUT2D eigenvalue weighted by atomic mass is 14.6. The second-order valence-corrected chi connectivity index (χ2v) is 4.43. The van der Waals surface area contributed by atoms with E-state index in [4.69, 9.17) is 0 Å². The second kappa shape index (κ2) is 4.93. The third-order valence-electron chi connectivity index (χ3n) is 2.80. The minimum atomic E-state index is 0.606. The van der Waals surface area contributed by atoms with Gasteiger partial charge >= 0.3 is 0 Å². The summed E-state index contributed by atoms with van der Waals surface area (Å²) in [5.74, 6) is 0.606. The van der Waals surface area contributed by atoms with Crippen LogP contribution in [0.25, 0.3) is 0 Å². The van der Waals surface area contributed by atoms with Crippen molar-refractivity contribution in [3.63, 3.8) is 0 Å². The molecule has 1 nitrogen and oxygen atoms in total. The van der Waals surface area contributed by atoms with Crippen molar-refractivity contribution in [1.82, 2.24) is 4.98 Å². The summed E-state index contributed by atoms with van der Waals surface area (Å²) in [5.41, 5.74) is 4.07. The molecule has 1 heterocycles. The summed E-state index contributed by atoms with van der Waals surface area (Å²) in [6.45, 7) is 4.44. The number of nitrogens with zero attached hydrogens (tertiary/aromatic N) is 1. The van der Waals surface area contributed by atoms with E-state index in [1.807, 2.05) is 12.4 Å². The van der Waals surface area contributed by atoms with E-state index in [0.29, 0.717) is 5.92 Å². The molecule has 2 aromatic rings. The zero-order valence-electron chi connectivity index (χ0n) is 9.85. The van der Waals surface area contributed by atoms with E-state index >= 15 is 0 Å². The molecule has 82 valence electrons. The molecule has 1 heteroatoms. The van der Waals surface area contributed by atoms with Gasteiger partial charge in [0.1, 0.15) is 0 Å². The Morgan fingerprint density at radius 3 is 2.00 bits per heavy atom. The van der Waals surface area contributed by atoms with Gasteiger partial charge in [0.25, 0.3) is 0 Å². The zero-order valence-corrected chi connectivity index (χ0v) is 9.85. The van der Waals surface area contributed by atoms with Crippen LogP contribution >= 0.6 is 0 Å². The molecule has 16 heavy (non-hydrogen) atoms. The van der Waals surface area contributed by atoms with Crippen LogP contribution in [0.15, 0.2) is 48.8 Å². The van der Waals surface area contributed by atoms with Crippen molar-refractivity contribution in [2.24, 2.45) is 0 Å². The summed E-state index contributed by atoms with van der Waals surface area (Å²) >= 11 is 0. The molecule has 0 aliphatic carbocycles. The second-order valence-electron chi connectivity index (χ2n) is 4.43. The summed E-state index contributed by atoms with van der Waals surface area (Å²) < 4.78 is 0. The van der Waals surface area contributed by atoms with Crippen LogP contribution in [-0.2, 0) is 6.42 Å². The summed E-state index contributed by atoms with van der Waals surface area (Å²) in [6.07, 6.45) is 4.68. The van der Waals surface area contributed by atoms with E-state index in [0.717, 1.165) is 6.42 Å². The molecule has 0 saturated carbocycles. The molecule has 0 fully saturated rings. The minimum Gasteiger partial charge on any atom is -0.265 e. The highest BCUT2D eigenvalue weighted by Crippen LogP contribution is 2.16. The molecule has 0 radical (unpaired) electrons. The lowest BCUT2D eigenvalue weighted by molar-refractivity contribution is 0.865. The maximum absolute atomic E-state index is 4.02. The molecule has 1 aromatic carbocycles. The number of hydrogen-bond donors (Lipinski definition) is 0. The van der Waals surface area contributed by atoms with Crippen molar-refractivity contribution in [2.45, 2.75) is 26.2 Å². The third kappa shape index (κ3) is 2.69. The van der Waals surface area contributed by atoms with Crippen molar-refractivity contribution >= 4 is 0 Å². The lowest BCUT2D eigenvalue weighted by Gasteiger charge is -2.06. The van der Waals surface area contributed by atoms with Crippen LogP contribution in [0.5, 0.6) is 0 Å². The topological polar surface area (TPSA) is 12.9 Å². The summed E-state index contributed by atoms with van der Waals surface area (Å²) in [5, 5.41) is 0. The van der Waals surface area contributed by atoms with E-state index in [2.05, 4.69) is 55.2 Å². The highest BCUT2D eigenvalue weighted by Gasteiger charge is 1.99. The van der Waals surface area contributed by atoms with Gasteiger partial charge in [0.2, 0.25) is 0 Å². The molecular formula is C15H17N. The molecule has 1 aromatic heterocycles. The van der Waals surface area contributed by atoms with Crippen LogP contribution in [0.4, 0.5) is 0 Å². The van der Waals surface area contributed by atoms with E-state index < -0.39 is 0 Å². The minimum absolute atomic E-state index is 0.606. The molecule has 0 saturated heterocycles. The van der Waals surface area contributed by atoms with Gasteiger partial charge in [0.15, 0.2) is 0 Å². The molecule has 0 amide bonds. The van der Waals surface area contributed by atoms with Gasteiger partial charge in [-0.3, -0.25) is 4.98 Å². The zero-order chi connectivity index (χ0) is 11.4. The van der Waals surface area contributed by atoms with Gasteiger partial charge in [-0.05, 0) is 41.2 Å². The van der Waals surface area contributed by atoms with Gasteiger partial charge in [0.05, 0.1) is 0 Å². The Morgan fingerprint density at radius 1 is 0.875 bits per heavy atom. The Kier molecular flexibility index (Phi) is 3.35. The first-order valence-corrected chi connectivity index (χ1v) is 5.73. The molecule has 0 N–H and O–H groups in total. The molecule has 0 unspecified atom stereocenters. The fourth-order valence-corrected chi connectivity index (χ4v) is 1.76. The molecule has 0 aliphatic heterocycles. The van der Waals surface area contributed by atoms with Crippen LogP contribution in [0.3, 0.4) is 0 Å². The largest absolute Gasteiger partial charge is 0.265 e. The van der Waals surface area contributed by atoms with Crippen molar-refractivity contribution in [1.29, 1.82) is 0 Å². The van der Waals surface area contributed by atoms with E-state index in [-0.39, 0.29) is 0 Å². The van der Waals surface area contributed by atoms with Gasteiger partial charge in [-0.15, -0.1) is 0 Å². The number of pyridine rings is 1. The fraction of sp³-hybridized carbons (Fsp3) is 0.267. The number of benzene rings is 1. The highest BCUT2D eigenvalue weighted by molar-refractivity contribution is 5.28. The molecule has 0 atom stereocenters. The third-order valence-corrected chi connectivity index (χ3v) is 2.80. The smallest absolute Gasteiger partial charge is 0.0270 e. The Balaban J connectivity index is 2.11. The molecule has 0 spiro atoms. The van der Waals surface area contributed by atoms with Crippen LogP contribution in [-0.4, -0.2) is 4.98 Å². The van der Waals surface area contributed by atoms with E-state index in [1.165, 1.54) is 16.7 Å². The first-order valence-electron chi connectivity index (χ1n) is 5.73. The maximum Gasteiger partial charge on any atom is 0.0270 e. The van der Waals surface area contributed by atoms with E-state index in [9.17, 15) is 0 Å². The first kappa shape index (κ1) is 10.9. The maximum atomic E-state index is 4.02. The summed E-state index contributed by atoms with van der Waals surface area (Å²) in [4.78, 5) is 4.02. The monoisotopic (exact) mass is 211 g/mol. The Hall–Kier alpha value is -1.63. The van der Waals surface area contributed by atoms with Crippen LogP contribution in [0, 0.1) is 0 Å². The lowest BCUT2D eigenvalue weighted by Crippen LogP contribution is -1.91. The van der Waals surface area contributed by atoms with Gasteiger partial charge in [-0.1, -0.05) is 38.1 Å². The normalized spacial score (nSPS) is 10.7. The predicted molar refractivity (Wildman–Crippen MR) is 67.6 cm³/mol. The number of aromatic nitrogens is 1. The fourth-order valence-electron chi connectivity index (χ4n) is 1.76. The van der Waals surface area contributed by atoms with Gasteiger partial charge in [-0.25, -0.2) is 0 Å². The summed E-state index contributed by atoms with van der Waals surface area (Å²) in [7, 11) is 0. The Morgan fingerprint density at radius 2 is 1.44 bits per heavy atom. The quantitative estimate of drug-likeness (QED) is 0.752. The number of rotatable bonds is 3. The van der Waals surface area contributed by atoms with Gasteiger partial charge in [0, 0.05) is 12.4 Å². The lowest BCUT2D eigenvalue weighted by atomic mass is 9.99. The van der Waals surface area contributed by atoms with Crippen molar-refractivity contribution in [3.05, 3.63) is 65.5 Å². The van der Waals surface area contributed by atoms with Crippen LogP contribution in [0.1, 0.15) is 36.5 Å². The van der Waals surface area contributed by atoms with Crippen molar-refractivity contribution < 1.29 is 0 Å². The van der Waals surface area contributed by atoms with Gasteiger partial charge in [-0.2, -0.15) is 0 Å². The van der Waals surface area contributed by atoms with Crippen molar-refractivity contribution in [3.8, 4) is 0 Å². The summed E-state index contributed by atoms with van der Waals surface area (Å²) in [6, 6.07) is 13.0. The first-order chi connectivity index (χ1) is 7.75. The average molecular weight is 211 g/mol. The predicted octanol–water partition coefficient (Wildman–Crippen LogP) is 3.80. The van der Waals surface area contributed by atoms with Gasteiger partial charge < -0.3 is 0 Å². The van der Waals surface area contributed by atoms with E-state index in [1.54, 1.807) is 0 Å². The molecule has 0 bridgehead atoms.